The second-order valence-electron chi connectivity index (χ2n) is 3.76. The van der Waals surface area contributed by atoms with Gasteiger partial charge in [-0.25, -0.2) is 0 Å². The van der Waals surface area contributed by atoms with Gasteiger partial charge in [-0.15, -0.1) is 0 Å². The zero-order chi connectivity index (χ0) is 13.9. The van der Waals surface area contributed by atoms with Crippen molar-refractivity contribution in [3.63, 3.8) is 0 Å². The highest BCUT2D eigenvalue weighted by molar-refractivity contribution is 6.42. The number of nitrogens with zero attached hydrogens (tertiary/aromatic N) is 1. The van der Waals surface area contributed by atoms with E-state index in [1.165, 1.54) is 6.07 Å². The fraction of sp³-hybridized carbons (Fsp3) is 0.364. The predicted octanol–water partition coefficient (Wildman–Crippen LogP) is 3.87. The first-order valence-corrected chi connectivity index (χ1v) is 6.00. The third kappa shape index (κ3) is 3.11. The van der Waals surface area contributed by atoms with Crippen LogP contribution < -0.4 is 0 Å². The van der Waals surface area contributed by atoms with E-state index in [-0.39, 0.29) is 21.3 Å². The number of hydrogen-bond donors (Lipinski definition) is 1. The topological polar surface area (TPSA) is 80.4 Å². The first-order chi connectivity index (χ1) is 8.38. The molecule has 1 aromatic rings. The molecule has 0 fully saturated rings. The van der Waals surface area contributed by atoms with Crippen LogP contribution in [0.25, 0.3) is 0 Å². The van der Waals surface area contributed by atoms with Crippen molar-refractivity contribution in [1.29, 1.82) is 0 Å². The van der Waals surface area contributed by atoms with Gasteiger partial charge in [-0.1, -0.05) is 36.5 Å². The molecule has 0 heterocycles. The lowest BCUT2D eigenvalue weighted by molar-refractivity contribution is -0.385. The summed E-state index contributed by atoms with van der Waals surface area (Å²) >= 11 is 11.5. The van der Waals surface area contributed by atoms with Crippen LogP contribution in [0.3, 0.4) is 0 Å². The lowest BCUT2D eigenvalue weighted by Gasteiger charge is -2.12. The van der Waals surface area contributed by atoms with E-state index in [9.17, 15) is 14.9 Å². The molecule has 7 heteroatoms. The van der Waals surface area contributed by atoms with Gasteiger partial charge in [0.15, 0.2) is 0 Å². The van der Waals surface area contributed by atoms with Crippen molar-refractivity contribution in [2.45, 2.75) is 25.7 Å². The van der Waals surface area contributed by atoms with Crippen LogP contribution in [0.1, 0.15) is 31.2 Å². The Kier molecular flexibility index (Phi) is 4.93. The molecule has 1 unspecified atom stereocenters. The third-order valence-corrected chi connectivity index (χ3v) is 3.24. The van der Waals surface area contributed by atoms with Crippen LogP contribution in [0.5, 0.6) is 0 Å². The molecule has 0 bridgehead atoms. The maximum atomic E-state index is 11.2. The molecule has 1 atom stereocenters. The summed E-state index contributed by atoms with van der Waals surface area (Å²) in [6.45, 7) is 1.80. The van der Waals surface area contributed by atoms with Crippen molar-refractivity contribution < 1.29 is 14.8 Å². The van der Waals surface area contributed by atoms with Crippen LogP contribution in [0.4, 0.5) is 5.69 Å². The monoisotopic (exact) mass is 291 g/mol. The Morgan fingerprint density at radius 1 is 1.44 bits per heavy atom. The molecule has 98 valence electrons. The second kappa shape index (κ2) is 6.02. The molecule has 1 N–H and O–H groups in total. The van der Waals surface area contributed by atoms with Crippen molar-refractivity contribution in [1.82, 2.24) is 0 Å². The molecule has 0 aromatic heterocycles. The maximum Gasteiger partial charge on any atom is 0.311 e. The van der Waals surface area contributed by atoms with E-state index in [4.69, 9.17) is 28.3 Å². The first-order valence-electron chi connectivity index (χ1n) is 5.24. The summed E-state index contributed by atoms with van der Waals surface area (Å²) in [6.07, 6.45) is 0.891. The molecule has 0 aliphatic rings. The smallest absolute Gasteiger partial charge is 0.311 e. The Labute approximate surface area is 113 Å². The van der Waals surface area contributed by atoms with Crippen LogP contribution in [-0.2, 0) is 4.79 Å². The van der Waals surface area contributed by atoms with Crippen LogP contribution in [0, 0.1) is 10.1 Å². The Morgan fingerprint density at radius 2 is 2.00 bits per heavy atom. The van der Waals surface area contributed by atoms with Gasteiger partial charge in [-0.2, -0.15) is 0 Å². The molecule has 18 heavy (non-hydrogen) atoms. The Hall–Kier alpha value is -1.33. The van der Waals surface area contributed by atoms with E-state index >= 15 is 0 Å². The van der Waals surface area contributed by atoms with Crippen LogP contribution in [0.2, 0.25) is 10.0 Å². The molecule has 1 aromatic carbocycles. The Morgan fingerprint density at radius 3 is 2.44 bits per heavy atom. The summed E-state index contributed by atoms with van der Waals surface area (Å²) in [5.74, 6) is -2.07. The normalized spacial score (nSPS) is 12.2. The number of aliphatic carboxylic acids is 1. The number of rotatable bonds is 5. The number of benzene rings is 1. The number of carboxylic acids is 1. The zero-order valence-electron chi connectivity index (χ0n) is 9.52. The molecule has 0 aliphatic heterocycles. The van der Waals surface area contributed by atoms with Crippen molar-refractivity contribution in [3.05, 3.63) is 37.9 Å². The summed E-state index contributed by atoms with van der Waals surface area (Å²) < 4.78 is 0. The minimum Gasteiger partial charge on any atom is -0.481 e. The van der Waals surface area contributed by atoms with Gasteiger partial charge in [0.2, 0.25) is 0 Å². The largest absolute Gasteiger partial charge is 0.481 e. The molecular formula is C11H11Cl2NO4. The molecule has 0 saturated heterocycles. The van der Waals surface area contributed by atoms with Crippen LogP contribution in [-0.4, -0.2) is 16.0 Å². The van der Waals surface area contributed by atoms with Gasteiger partial charge in [0, 0.05) is 11.6 Å². The average molecular weight is 292 g/mol. The van der Waals surface area contributed by atoms with E-state index in [1.54, 1.807) is 6.92 Å². The summed E-state index contributed by atoms with van der Waals surface area (Å²) in [4.78, 5) is 21.4. The predicted molar refractivity (Wildman–Crippen MR) is 68.4 cm³/mol. The molecular weight excluding hydrogens is 281 g/mol. The van der Waals surface area contributed by atoms with Gasteiger partial charge in [0.25, 0.3) is 5.69 Å². The zero-order valence-corrected chi connectivity index (χ0v) is 11.0. The lowest BCUT2D eigenvalue weighted by atomic mass is 9.93. The third-order valence-electron chi connectivity index (χ3n) is 2.52. The SMILES string of the molecule is CCCC(C(=O)O)c1cc(Cl)c(Cl)cc1[N+](=O)[O-]. The number of hydrogen-bond acceptors (Lipinski definition) is 3. The summed E-state index contributed by atoms with van der Waals surface area (Å²) in [5, 5.41) is 20.2. The summed E-state index contributed by atoms with van der Waals surface area (Å²) in [5.41, 5.74) is -0.228. The van der Waals surface area contributed by atoms with Crippen molar-refractivity contribution in [2.24, 2.45) is 0 Å². The number of carboxylic acid groups (broad SMARTS) is 1. The number of nitro benzene ring substituents is 1. The van der Waals surface area contributed by atoms with E-state index in [2.05, 4.69) is 0 Å². The maximum absolute atomic E-state index is 11.2. The van der Waals surface area contributed by atoms with Gasteiger partial charge >= 0.3 is 5.97 Å². The van der Waals surface area contributed by atoms with Crippen molar-refractivity contribution in [3.8, 4) is 0 Å². The van der Waals surface area contributed by atoms with Gasteiger partial charge in [-0.3, -0.25) is 14.9 Å². The summed E-state index contributed by atoms with van der Waals surface area (Å²) in [7, 11) is 0. The van der Waals surface area contributed by atoms with Crippen molar-refractivity contribution in [2.75, 3.05) is 0 Å². The highest BCUT2D eigenvalue weighted by Crippen LogP contribution is 2.36. The van der Waals surface area contributed by atoms with Crippen molar-refractivity contribution >= 4 is 34.9 Å². The van der Waals surface area contributed by atoms with Crippen LogP contribution >= 0.6 is 23.2 Å². The molecule has 0 spiro atoms. The first kappa shape index (κ1) is 14.7. The van der Waals surface area contributed by atoms with Gasteiger partial charge in [-0.05, 0) is 12.5 Å². The van der Waals surface area contributed by atoms with Gasteiger partial charge in [0.05, 0.1) is 20.9 Å². The number of carbonyl (C=O) groups is 1. The van der Waals surface area contributed by atoms with Gasteiger partial charge in [0.1, 0.15) is 0 Å². The molecule has 0 saturated carbocycles. The average Bonchev–Trinajstić information content (AvgIpc) is 2.28. The Bertz CT molecular complexity index is 490. The standard InChI is InChI=1S/C11H11Cl2NO4/c1-2-3-6(11(15)16)7-4-8(12)9(13)5-10(7)14(17)18/h4-6H,2-3H2,1H3,(H,15,16). The lowest BCUT2D eigenvalue weighted by Crippen LogP contribution is -2.13. The highest BCUT2D eigenvalue weighted by atomic mass is 35.5. The molecule has 0 amide bonds. The minimum atomic E-state index is -1.11. The van der Waals surface area contributed by atoms with Crippen LogP contribution in [0.15, 0.2) is 12.1 Å². The van der Waals surface area contributed by atoms with E-state index < -0.39 is 16.8 Å². The minimum absolute atomic E-state index is 0.0350. The molecule has 0 aliphatic carbocycles. The fourth-order valence-electron chi connectivity index (χ4n) is 1.69. The number of nitro groups is 1. The number of halogens is 2. The van der Waals surface area contributed by atoms with E-state index in [1.807, 2.05) is 0 Å². The van der Waals surface area contributed by atoms with Gasteiger partial charge < -0.3 is 5.11 Å². The molecule has 5 nitrogen and oxygen atoms in total. The summed E-state index contributed by atoms with van der Waals surface area (Å²) in [6, 6.07) is 2.35. The van der Waals surface area contributed by atoms with E-state index in [0.29, 0.717) is 12.8 Å². The second-order valence-corrected chi connectivity index (χ2v) is 4.58. The fourth-order valence-corrected chi connectivity index (χ4v) is 2.02. The quantitative estimate of drug-likeness (QED) is 0.659. The molecule has 1 rings (SSSR count). The Balaban J connectivity index is 3.40. The molecule has 0 radical (unpaired) electrons. The van der Waals surface area contributed by atoms with E-state index in [0.717, 1.165) is 6.07 Å². The highest BCUT2D eigenvalue weighted by Gasteiger charge is 2.28.